The van der Waals surface area contributed by atoms with Gasteiger partial charge in [0.15, 0.2) is 6.10 Å². The van der Waals surface area contributed by atoms with Crippen LogP contribution in [0, 0.1) is 0 Å². The third-order valence-electron chi connectivity index (χ3n) is 15.4. The highest BCUT2D eigenvalue weighted by Gasteiger charge is 2.19. The minimum Gasteiger partial charge on any atom is -0.462 e. The van der Waals surface area contributed by atoms with E-state index >= 15 is 0 Å². The van der Waals surface area contributed by atoms with Gasteiger partial charge in [-0.1, -0.05) is 314 Å². The summed E-state index contributed by atoms with van der Waals surface area (Å²) in [4.78, 5) is 38.4. The molecule has 0 fully saturated rings. The Labute approximate surface area is 474 Å². The Morgan fingerprint density at radius 2 is 0.474 bits per heavy atom. The van der Waals surface area contributed by atoms with Crippen LogP contribution in [0.1, 0.15) is 374 Å². The molecule has 0 heterocycles. The van der Waals surface area contributed by atoms with Gasteiger partial charge in [-0.25, -0.2) is 0 Å². The fraction of sp³-hybridized carbons (Fsp3) is 0.871. The molecule has 6 heteroatoms. The van der Waals surface area contributed by atoms with Crippen LogP contribution in [0.3, 0.4) is 0 Å². The summed E-state index contributed by atoms with van der Waals surface area (Å²) in [6.07, 6.45) is 80.1. The van der Waals surface area contributed by atoms with Crippen LogP contribution in [0.15, 0.2) is 36.5 Å². The first-order chi connectivity index (χ1) is 37.5. The Balaban J connectivity index is 4.27. The number of hydrogen-bond acceptors (Lipinski definition) is 6. The quantitative estimate of drug-likeness (QED) is 0.0261. The molecular formula is C70H130O6. The Hall–Kier alpha value is -2.37. The molecule has 0 rings (SSSR count). The lowest BCUT2D eigenvalue weighted by Crippen LogP contribution is -2.30. The molecule has 0 spiro atoms. The Bertz CT molecular complexity index is 1270. The van der Waals surface area contributed by atoms with Gasteiger partial charge >= 0.3 is 17.9 Å². The number of allylic oxidation sites excluding steroid dienone is 6. The zero-order valence-electron chi connectivity index (χ0n) is 51.3. The van der Waals surface area contributed by atoms with Crippen molar-refractivity contribution >= 4 is 17.9 Å². The molecular weight excluding hydrogens is 937 g/mol. The van der Waals surface area contributed by atoms with Crippen molar-refractivity contribution in [3.63, 3.8) is 0 Å². The fourth-order valence-electron chi connectivity index (χ4n) is 10.2. The molecule has 0 N–H and O–H groups in total. The number of ether oxygens (including phenoxy) is 3. The van der Waals surface area contributed by atoms with Crippen molar-refractivity contribution < 1.29 is 28.6 Å². The van der Waals surface area contributed by atoms with E-state index in [2.05, 4.69) is 57.2 Å². The minimum atomic E-state index is -0.774. The normalized spacial score (nSPS) is 12.2. The highest BCUT2D eigenvalue weighted by Crippen LogP contribution is 2.18. The lowest BCUT2D eigenvalue weighted by atomic mass is 10.0. The summed E-state index contributed by atoms with van der Waals surface area (Å²) in [5.41, 5.74) is 0. The fourth-order valence-corrected chi connectivity index (χ4v) is 10.2. The van der Waals surface area contributed by atoms with Gasteiger partial charge in [0, 0.05) is 19.3 Å². The Kier molecular flexibility index (Phi) is 63.1. The first kappa shape index (κ1) is 73.6. The molecule has 0 saturated carbocycles. The summed E-state index contributed by atoms with van der Waals surface area (Å²) >= 11 is 0. The van der Waals surface area contributed by atoms with Crippen molar-refractivity contribution in [1.82, 2.24) is 0 Å². The van der Waals surface area contributed by atoms with Crippen molar-refractivity contribution in [3.05, 3.63) is 36.5 Å². The Morgan fingerprint density at radius 1 is 0.263 bits per heavy atom. The van der Waals surface area contributed by atoms with Crippen molar-refractivity contribution in [1.29, 1.82) is 0 Å². The van der Waals surface area contributed by atoms with E-state index in [1.165, 1.54) is 263 Å². The highest BCUT2D eigenvalue weighted by atomic mass is 16.6. The molecule has 0 bridgehead atoms. The molecule has 0 aliphatic heterocycles. The number of esters is 3. The molecule has 1 atom stereocenters. The van der Waals surface area contributed by atoms with E-state index in [-0.39, 0.29) is 31.1 Å². The molecule has 0 saturated heterocycles. The second-order valence-corrected chi connectivity index (χ2v) is 23.1. The maximum Gasteiger partial charge on any atom is 0.306 e. The van der Waals surface area contributed by atoms with Gasteiger partial charge in [0.2, 0.25) is 0 Å². The van der Waals surface area contributed by atoms with E-state index in [0.717, 1.165) is 70.6 Å². The van der Waals surface area contributed by atoms with E-state index < -0.39 is 6.10 Å². The zero-order chi connectivity index (χ0) is 55.0. The van der Waals surface area contributed by atoms with Gasteiger partial charge in [0.1, 0.15) is 13.2 Å². The first-order valence-electron chi connectivity index (χ1n) is 34.0. The number of carbonyl (C=O) groups excluding carboxylic acids is 3. The van der Waals surface area contributed by atoms with Gasteiger partial charge < -0.3 is 14.2 Å². The van der Waals surface area contributed by atoms with Crippen LogP contribution >= 0.6 is 0 Å². The van der Waals surface area contributed by atoms with E-state index in [4.69, 9.17) is 14.2 Å². The molecule has 1 unspecified atom stereocenters. The predicted octanol–water partition coefficient (Wildman–Crippen LogP) is 23.2. The third-order valence-corrected chi connectivity index (χ3v) is 15.4. The van der Waals surface area contributed by atoms with Gasteiger partial charge in [-0.15, -0.1) is 0 Å². The van der Waals surface area contributed by atoms with Crippen LogP contribution in [0.4, 0.5) is 0 Å². The van der Waals surface area contributed by atoms with Crippen LogP contribution in [0.2, 0.25) is 0 Å². The molecule has 0 aliphatic carbocycles. The van der Waals surface area contributed by atoms with Gasteiger partial charge in [-0.3, -0.25) is 14.4 Å². The average molecular weight is 1070 g/mol. The molecule has 0 amide bonds. The predicted molar refractivity (Wildman–Crippen MR) is 330 cm³/mol. The van der Waals surface area contributed by atoms with Crippen LogP contribution in [0.25, 0.3) is 0 Å². The second-order valence-electron chi connectivity index (χ2n) is 23.1. The maximum absolute atomic E-state index is 12.9. The van der Waals surface area contributed by atoms with E-state index in [1.54, 1.807) is 0 Å². The molecule has 0 aromatic carbocycles. The van der Waals surface area contributed by atoms with Crippen molar-refractivity contribution in [2.24, 2.45) is 0 Å². The SMILES string of the molecule is CCCCCCC/C=C\C/C=C\CCCCCCCCCCCCCCCC(=O)OCC(COC(=O)CCCCCCC/C=C\CCCCCCCC)OC(=O)CCCCCCCCCCCCCCCCCCCC. The van der Waals surface area contributed by atoms with Gasteiger partial charge in [-0.2, -0.15) is 0 Å². The standard InChI is InChI=1S/C70H130O6/c1-4-7-10-13-16-19-22-25-28-30-32-33-34-35-36-37-38-40-42-45-48-51-54-57-60-63-69(72)75-66-67(65-74-68(71)62-59-56-53-50-47-44-41-27-24-21-18-15-12-9-6-3)76-70(73)64-61-58-55-52-49-46-43-39-31-29-26-23-20-17-14-11-8-5-2/h22,25,27,30,32,41,67H,4-21,23-24,26,28-29,31,33-40,42-66H2,1-3H3/b25-22-,32-30-,41-27-. The second kappa shape index (κ2) is 65.2. The monoisotopic (exact) mass is 1070 g/mol. The summed E-state index contributed by atoms with van der Waals surface area (Å²) in [5.74, 6) is -0.852. The van der Waals surface area contributed by atoms with Crippen LogP contribution < -0.4 is 0 Å². The van der Waals surface area contributed by atoms with Crippen LogP contribution in [-0.2, 0) is 28.6 Å². The smallest absolute Gasteiger partial charge is 0.306 e. The number of rotatable bonds is 63. The third kappa shape index (κ3) is 62.5. The van der Waals surface area contributed by atoms with Crippen molar-refractivity contribution in [3.8, 4) is 0 Å². The number of unbranched alkanes of at least 4 members (excludes halogenated alkanes) is 46. The molecule has 0 radical (unpaired) electrons. The summed E-state index contributed by atoms with van der Waals surface area (Å²) in [6.45, 7) is 6.69. The summed E-state index contributed by atoms with van der Waals surface area (Å²) in [5, 5.41) is 0. The summed E-state index contributed by atoms with van der Waals surface area (Å²) < 4.78 is 17.0. The molecule has 0 aromatic heterocycles. The topological polar surface area (TPSA) is 78.9 Å². The molecule has 6 nitrogen and oxygen atoms in total. The zero-order valence-corrected chi connectivity index (χ0v) is 51.3. The van der Waals surface area contributed by atoms with Crippen molar-refractivity contribution in [2.45, 2.75) is 380 Å². The summed E-state index contributed by atoms with van der Waals surface area (Å²) in [7, 11) is 0. The van der Waals surface area contributed by atoms with E-state index in [1.807, 2.05) is 0 Å². The minimum absolute atomic E-state index is 0.0703. The van der Waals surface area contributed by atoms with Gasteiger partial charge in [0.05, 0.1) is 0 Å². The van der Waals surface area contributed by atoms with Crippen molar-refractivity contribution in [2.75, 3.05) is 13.2 Å². The lowest BCUT2D eigenvalue weighted by molar-refractivity contribution is -0.167. The number of hydrogen-bond donors (Lipinski definition) is 0. The number of carbonyl (C=O) groups is 3. The van der Waals surface area contributed by atoms with E-state index in [0.29, 0.717) is 19.3 Å². The lowest BCUT2D eigenvalue weighted by Gasteiger charge is -2.18. The largest absolute Gasteiger partial charge is 0.462 e. The van der Waals surface area contributed by atoms with Crippen LogP contribution in [-0.4, -0.2) is 37.2 Å². The Morgan fingerprint density at radius 3 is 0.737 bits per heavy atom. The van der Waals surface area contributed by atoms with Gasteiger partial charge in [0.25, 0.3) is 0 Å². The highest BCUT2D eigenvalue weighted by molar-refractivity contribution is 5.71. The maximum atomic E-state index is 12.9. The molecule has 446 valence electrons. The average Bonchev–Trinajstić information content (AvgIpc) is 3.42. The summed E-state index contributed by atoms with van der Waals surface area (Å²) in [6, 6.07) is 0. The first-order valence-corrected chi connectivity index (χ1v) is 34.0. The molecule has 0 aliphatic rings. The van der Waals surface area contributed by atoms with E-state index in [9.17, 15) is 14.4 Å². The van der Waals surface area contributed by atoms with Gasteiger partial charge in [-0.05, 0) is 77.0 Å². The van der Waals surface area contributed by atoms with Crippen LogP contribution in [0.5, 0.6) is 0 Å². The molecule has 76 heavy (non-hydrogen) atoms. The molecule has 0 aromatic rings.